The minimum atomic E-state index is -0.487. The monoisotopic (exact) mass is 294 g/mol. The van der Waals surface area contributed by atoms with Gasteiger partial charge in [-0.15, -0.1) is 0 Å². The van der Waals surface area contributed by atoms with Crippen LogP contribution in [0.25, 0.3) is 11.2 Å². The quantitative estimate of drug-likeness (QED) is 0.546. The Morgan fingerprint density at radius 1 is 1.33 bits per heavy atom. The maximum absolute atomic E-state index is 9.64. The summed E-state index contributed by atoms with van der Waals surface area (Å²) in [7, 11) is 1.57. The number of fused-ring (bicyclic) bond motifs is 1. The minimum Gasteiger partial charge on any atom is -0.391 e. The largest absolute Gasteiger partial charge is 0.391 e. The van der Waals surface area contributed by atoms with Gasteiger partial charge < -0.3 is 25.5 Å². The van der Waals surface area contributed by atoms with E-state index < -0.39 is 6.10 Å². The summed E-state index contributed by atoms with van der Waals surface area (Å²) in [6.45, 7) is 3.80. The van der Waals surface area contributed by atoms with Crippen LogP contribution in [0.2, 0.25) is 0 Å². The molecule has 21 heavy (non-hydrogen) atoms. The predicted octanol–water partition coefficient (Wildman–Crippen LogP) is 0.984. The molecule has 0 aromatic carbocycles. The molecule has 0 bridgehead atoms. The second-order valence-corrected chi connectivity index (χ2v) is 4.75. The Morgan fingerprint density at radius 3 is 2.95 bits per heavy atom. The first-order valence-electron chi connectivity index (χ1n) is 7.10. The molecule has 0 aliphatic rings. The summed E-state index contributed by atoms with van der Waals surface area (Å²) in [6.07, 6.45) is 2.67. The zero-order valence-corrected chi connectivity index (χ0v) is 12.4. The average Bonchev–Trinajstić information content (AvgIpc) is 2.94. The van der Waals surface area contributed by atoms with Crippen LogP contribution in [0.3, 0.4) is 0 Å². The van der Waals surface area contributed by atoms with Gasteiger partial charge in [0.05, 0.1) is 19.0 Å². The standard InChI is InChI=1S/C13H22N6O2/c1-3-5-15-13-18-11(10-12(19-13)17-8-16-10)14-6-4-9(20)7-21-2/h8-9,20H,3-7H2,1-2H3,(H3,14,15,16,17,18,19). The van der Waals surface area contributed by atoms with Crippen molar-refractivity contribution in [3.05, 3.63) is 6.33 Å². The van der Waals surface area contributed by atoms with Crippen LogP contribution < -0.4 is 10.6 Å². The van der Waals surface area contributed by atoms with Crippen molar-refractivity contribution in [2.75, 3.05) is 37.4 Å². The number of aliphatic hydroxyl groups is 1. The number of H-pyrrole nitrogens is 1. The number of rotatable bonds is 9. The zero-order valence-electron chi connectivity index (χ0n) is 12.4. The summed E-state index contributed by atoms with van der Waals surface area (Å²) in [5.74, 6) is 1.23. The van der Waals surface area contributed by atoms with Gasteiger partial charge in [-0.1, -0.05) is 6.92 Å². The first-order valence-corrected chi connectivity index (χ1v) is 7.10. The van der Waals surface area contributed by atoms with Gasteiger partial charge in [0.1, 0.15) is 5.52 Å². The third-order valence-corrected chi connectivity index (χ3v) is 2.95. The molecular formula is C13H22N6O2. The van der Waals surface area contributed by atoms with Crippen molar-refractivity contribution < 1.29 is 9.84 Å². The Labute approximate surface area is 123 Å². The lowest BCUT2D eigenvalue weighted by Gasteiger charge is -2.11. The van der Waals surface area contributed by atoms with E-state index in [0.29, 0.717) is 37.0 Å². The van der Waals surface area contributed by atoms with Gasteiger partial charge in [0.25, 0.3) is 0 Å². The van der Waals surface area contributed by atoms with E-state index in [1.807, 2.05) is 0 Å². The van der Waals surface area contributed by atoms with Crippen molar-refractivity contribution in [3.8, 4) is 0 Å². The molecule has 2 rings (SSSR count). The highest BCUT2D eigenvalue weighted by Gasteiger charge is 2.10. The van der Waals surface area contributed by atoms with Crippen LogP contribution in [0.1, 0.15) is 19.8 Å². The van der Waals surface area contributed by atoms with Crippen molar-refractivity contribution in [2.24, 2.45) is 0 Å². The molecule has 0 spiro atoms. The molecule has 1 unspecified atom stereocenters. The maximum atomic E-state index is 9.64. The van der Waals surface area contributed by atoms with Crippen molar-refractivity contribution >= 4 is 22.9 Å². The number of nitrogens with one attached hydrogen (secondary N) is 3. The Balaban J connectivity index is 2.04. The Hall–Kier alpha value is -1.93. The fourth-order valence-corrected chi connectivity index (χ4v) is 1.91. The van der Waals surface area contributed by atoms with Gasteiger partial charge >= 0.3 is 0 Å². The molecular weight excluding hydrogens is 272 g/mol. The number of aromatic amines is 1. The van der Waals surface area contributed by atoms with E-state index in [0.717, 1.165) is 18.5 Å². The molecule has 0 saturated carbocycles. The number of hydrogen-bond acceptors (Lipinski definition) is 7. The van der Waals surface area contributed by atoms with Gasteiger partial charge in [-0.05, 0) is 12.8 Å². The number of methoxy groups -OCH3 is 1. The lowest BCUT2D eigenvalue weighted by Crippen LogP contribution is -2.19. The number of aromatic nitrogens is 4. The lowest BCUT2D eigenvalue weighted by molar-refractivity contribution is 0.0615. The average molecular weight is 294 g/mol. The fraction of sp³-hybridized carbons (Fsp3) is 0.615. The summed E-state index contributed by atoms with van der Waals surface area (Å²) >= 11 is 0. The normalized spacial score (nSPS) is 12.5. The third-order valence-electron chi connectivity index (χ3n) is 2.95. The summed E-state index contributed by atoms with van der Waals surface area (Å²) in [4.78, 5) is 16.0. The molecule has 2 aromatic rings. The zero-order chi connectivity index (χ0) is 15.1. The SMILES string of the molecule is CCCNc1nc(NCCC(O)COC)c2[nH]cnc2n1. The Morgan fingerprint density at radius 2 is 2.19 bits per heavy atom. The van der Waals surface area contributed by atoms with Crippen molar-refractivity contribution in [1.82, 2.24) is 19.9 Å². The molecule has 8 nitrogen and oxygen atoms in total. The molecule has 0 radical (unpaired) electrons. The minimum absolute atomic E-state index is 0.328. The molecule has 0 aliphatic heterocycles. The first kappa shape index (κ1) is 15.5. The number of anilines is 2. The van der Waals surface area contributed by atoms with E-state index in [1.54, 1.807) is 13.4 Å². The Bertz CT molecular complexity index is 559. The highest BCUT2D eigenvalue weighted by Crippen LogP contribution is 2.18. The highest BCUT2D eigenvalue weighted by atomic mass is 16.5. The van der Waals surface area contributed by atoms with E-state index in [1.165, 1.54) is 0 Å². The van der Waals surface area contributed by atoms with E-state index in [-0.39, 0.29) is 0 Å². The number of ether oxygens (including phenoxy) is 1. The number of imidazole rings is 1. The topological polar surface area (TPSA) is 108 Å². The molecule has 116 valence electrons. The summed E-state index contributed by atoms with van der Waals surface area (Å²) < 4.78 is 4.90. The Kier molecular flexibility index (Phi) is 5.70. The van der Waals surface area contributed by atoms with Crippen LogP contribution in [0, 0.1) is 0 Å². The van der Waals surface area contributed by atoms with Gasteiger partial charge in [0, 0.05) is 20.2 Å². The summed E-state index contributed by atoms with van der Waals surface area (Å²) in [5.41, 5.74) is 1.38. The third kappa shape index (κ3) is 4.27. The molecule has 0 amide bonds. The van der Waals surface area contributed by atoms with Gasteiger partial charge in [-0.2, -0.15) is 9.97 Å². The molecule has 8 heteroatoms. The van der Waals surface area contributed by atoms with Gasteiger partial charge in [-0.25, -0.2) is 4.98 Å². The summed E-state index contributed by atoms with van der Waals surface area (Å²) in [6, 6.07) is 0. The number of hydrogen-bond donors (Lipinski definition) is 4. The van der Waals surface area contributed by atoms with Crippen LogP contribution in [0.15, 0.2) is 6.33 Å². The van der Waals surface area contributed by atoms with Crippen LogP contribution in [0.4, 0.5) is 11.8 Å². The van der Waals surface area contributed by atoms with E-state index >= 15 is 0 Å². The van der Waals surface area contributed by atoms with E-state index in [4.69, 9.17) is 4.74 Å². The van der Waals surface area contributed by atoms with Crippen LogP contribution in [-0.4, -0.2) is 58.0 Å². The number of nitrogens with zero attached hydrogens (tertiary/aromatic N) is 3. The molecule has 4 N–H and O–H groups in total. The van der Waals surface area contributed by atoms with Crippen LogP contribution in [-0.2, 0) is 4.74 Å². The second kappa shape index (κ2) is 7.75. The molecule has 0 saturated heterocycles. The fourth-order valence-electron chi connectivity index (χ4n) is 1.91. The molecule has 1 atom stereocenters. The van der Waals surface area contributed by atoms with Crippen molar-refractivity contribution in [3.63, 3.8) is 0 Å². The highest BCUT2D eigenvalue weighted by molar-refractivity contribution is 5.83. The molecule has 2 aromatic heterocycles. The van der Waals surface area contributed by atoms with Crippen LogP contribution in [0.5, 0.6) is 0 Å². The lowest BCUT2D eigenvalue weighted by atomic mass is 10.2. The smallest absolute Gasteiger partial charge is 0.226 e. The van der Waals surface area contributed by atoms with Crippen LogP contribution >= 0.6 is 0 Å². The second-order valence-electron chi connectivity index (χ2n) is 4.75. The maximum Gasteiger partial charge on any atom is 0.226 e. The van der Waals surface area contributed by atoms with E-state index in [2.05, 4.69) is 37.5 Å². The summed E-state index contributed by atoms with van der Waals surface area (Å²) in [5, 5.41) is 16.0. The molecule has 2 heterocycles. The van der Waals surface area contributed by atoms with E-state index in [9.17, 15) is 5.11 Å². The number of aliphatic hydroxyl groups excluding tert-OH is 1. The molecule has 0 aliphatic carbocycles. The van der Waals surface area contributed by atoms with Crippen molar-refractivity contribution in [2.45, 2.75) is 25.9 Å². The predicted molar refractivity (Wildman–Crippen MR) is 81.5 cm³/mol. The van der Waals surface area contributed by atoms with Crippen molar-refractivity contribution in [1.29, 1.82) is 0 Å². The van der Waals surface area contributed by atoms with Gasteiger partial charge in [0.2, 0.25) is 5.95 Å². The molecule has 0 fully saturated rings. The van der Waals surface area contributed by atoms with Gasteiger partial charge in [-0.3, -0.25) is 0 Å². The van der Waals surface area contributed by atoms with Gasteiger partial charge in [0.15, 0.2) is 11.5 Å². The first-order chi connectivity index (χ1) is 10.2.